The van der Waals surface area contributed by atoms with Crippen LogP contribution in [0.3, 0.4) is 0 Å². The summed E-state index contributed by atoms with van der Waals surface area (Å²) in [7, 11) is 0. The van der Waals surface area contributed by atoms with Crippen LogP contribution in [0.25, 0.3) is 0 Å². The van der Waals surface area contributed by atoms with Crippen LogP contribution in [0.5, 0.6) is 11.5 Å². The Kier molecular flexibility index (Phi) is 3.71. The topological polar surface area (TPSA) is 67.8 Å². The predicted molar refractivity (Wildman–Crippen MR) is 74.9 cm³/mol. The molecular weight excluding hydrogens is 240 g/mol. The summed E-state index contributed by atoms with van der Waals surface area (Å²) in [6.07, 6.45) is 0. The van der Waals surface area contributed by atoms with Crippen LogP contribution in [-0.2, 0) is 0 Å². The van der Waals surface area contributed by atoms with E-state index in [1.165, 1.54) is 0 Å². The Labute approximate surface area is 112 Å². The lowest BCUT2D eigenvalue weighted by Crippen LogP contribution is -2.14. The molecule has 0 aliphatic rings. The second kappa shape index (κ2) is 5.44. The van der Waals surface area contributed by atoms with Crippen molar-refractivity contribution >= 4 is 5.84 Å². The number of para-hydroxylation sites is 1. The molecule has 19 heavy (non-hydrogen) atoms. The molecule has 0 unspecified atom stereocenters. The molecular formula is C15H16N2O2. The Bertz CT molecular complexity index is 621. The third-order valence-corrected chi connectivity index (χ3v) is 2.83. The third kappa shape index (κ3) is 2.85. The van der Waals surface area contributed by atoms with Crippen molar-refractivity contribution in [1.82, 2.24) is 0 Å². The molecule has 3 N–H and O–H groups in total. The first-order valence-corrected chi connectivity index (χ1v) is 5.94. The van der Waals surface area contributed by atoms with Gasteiger partial charge in [-0.25, -0.2) is 0 Å². The minimum absolute atomic E-state index is 0.0311. The Hall–Kier alpha value is -2.49. The van der Waals surface area contributed by atoms with Gasteiger partial charge in [0.25, 0.3) is 0 Å². The molecule has 2 rings (SSSR count). The molecule has 4 heteroatoms. The molecule has 0 aliphatic heterocycles. The summed E-state index contributed by atoms with van der Waals surface area (Å²) in [5, 5.41) is 11.8. The molecule has 0 atom stereocenters. The fourth-order valence-electron chi connectivity index (χ4n) is 1.77. The molecule has 4 nitrogen and oxygen atoms in total. The average molecular weight is 256 g/mol. The zero-order valence-corrected chi connectivity index (χ0v) is 10.9. The van der Waals surface area contributed by atoms with Gasteiger partial charge in [0.1, 0.15) is 11.5 Å². The van der Waals surface area contributed by atoms with E-state index in [0.717, 1.165) is 16.9 Å². The van der Waals surface area contributed by atoms with Gasteiger partial charge in [-0.15, -0.1) is 0 Å². The van der Waals surface area contributed by atoms with E-state index in [1.807, 2.05) is 50.2 Å². The highest BCUT2D eigenvalue weighted by molar-refractivity contribution is 5.99. The standard InChI is InChI=1S/C15H16N2O2/c1-10-7-8-12(15(16)17-18)14(9-10)19-13-6-4-3-5-11(13)2/h3-9,18H,1-2H3,(H2,16,17). The first-order valence-electron chi connectivity index (χ1n) is 5.94. The molecule has 0 amide bonds. The molecule has 0 aliphatic carbocycles. The van der Waals surface area contributed by atoms with Gasteiger partial charge in [0.15, 0.2) is 5.84 Å². The first-order chi connectivity index (χ1) is 9.11. The maximum absolute atomic E-state index is 8.81. The highest BCUT2D eigenvalue weighted by Gasteiger charge is 2.10. The molecule has 0 fully saturated rings. The lowest BCUT2D eigenvalue weighted by atomic mass is 10.1. The van der Waals surface area contributed by atoms with Crippen LogP contribution in [0, 0.1) is 13.8 Å². The van der Waals surface area contributed by atoms with E-state index < -0.39 is 0 Å². The minimum atomic E-state index is 0.0311. The summed E-state index contributed by atoms with van der Waals surface area (Å²) in [4.78, 5) is 0. The van der Waals surface area contributed by atoms with E-state index >= 15 is 0 Å². The van der Waals surface area contributed by atoms with Crippen molar-refractivity contribution in [3.05, 3.63) is 59.2 Å². The Morgan fingerprint density at radius 2 is 1.84 bits per heavy atom. The van der Waals surface area contributed by atoms with Crippen molar-refractivity contribution in [3.63, 3.8) is 0 Å². The number of nitrogens with two attached hydrogens (primary N) is 1. The number of rotatable bonds is 3. The summed E-state index contributed by atoms with van der Waals surface area (Å²) in [6, 6.07) is 13.2. The first kappa shape index (κ1) is 13.0. The predicted octanol–water partition coefficient (Wildman–Crippen LogP) is 3.19. The largest absolute Gasteiger partial charge is 0.456 e. The Morgan fingerprint density at radius 1 is 1.11 bits per heavy atom. The highest BCUT2D eigenvalue weighted by Crippen LogP contribution is 2.28. The van der Waals surface area contributed by atoms with Crippen LogP contribution in [0.4, 0.5) is 0 Å². The summed E-state index contributed by atoms with van der Waals surface area (Å²) in [6.45, 7) is 3.93. The van der Waals surface area contributed by atoms with Crippen molar-refractivity contribution in [1.29, 1.82) is 0 Å². The SMILES string of the molecule is Cc1ccc(C(N)=NO)c(Oc2ccccc2C)c1. The molecule has 0 bridgehead atoms. The van der Waals surface area contributed by atoms with Crippen LogP contribution in [0.1, 0.15) is 16.7 Å². The fraction of sp³-hybridized carbons (Fsp3) is 0.133. The number of oxime groups is 1. The van der Waals surface area contributed by atoms with Crippen molar-refractivity contribution in [2.45, 2.75) is 13.8 Å². The van der Waals surface area contributed by atoms with Crippen LogP contribution in [0.15, 0.2) is 47.6 Å². The summed E-state index contributed by atoms with van der Waals surface area (Å²) >= 11 is 0. The van der Waals surface area contributed by atoms with Gasteiger partial charge in [-0.1, -0.05) is 29.4 Å². The molecule has 0 heterocycles. The average Bonchev–Trinajstić information content (AvgIpc) is 2.41. The van der Waals surface area contributed by atoms with Gasteiger partial charge < -0.3 is 15.7 Å². The van der Waals surface area contributed by atoms with Gasteiger partial charge in [-0.2, -0.15) is 0 Å². The normalized spacial score (nSPS) is 11.4. The van der Waals surface area contributed by atoms with E-state index in [4.69, 9.17) is 15.7 Å². The fourth-order valence-corrected chi connectivity index (χ4v) is 1.77. The minimum Gasteiger partial charge on any atom is -0.456 e. The number of aryl methyl sites for hydroxylation is 2. The van der Waals surface area contributed by atoms with Gasteiger partial charge in [-0.05, 0) is 43.2 Å². The van der Waals surface area contributed by atoms with E-state index in [0.29, 0.717) is 11.3 Å². The quantitative estimate of drug-likeness (QED) is 0.383. The number of hydrogen-bond donors (Lipinski definition) is 2. The molecule has 0 aromatic heterocycles. The molecule has 0 saturated carbocycles. The second-order valence-electron chi connectivity index (χ2n) is 4.35. The van der Waals surface area contributed by atoms with Gasteiger partial charge in [0.2, 0.25) is 0 Å². The lowest BCUT2D eigenvalue weighted by molar-refractivity contribution is 0.318. The number of benzene rings is 2. The van der Waals surface area contributed by atoms with E-state index in [9.17, 15) is 0 Å². The van der Waals surface area contributed by atoms with E-state index in [-0.39, 0.29) is 5.84 Å². The smallest absolute Gasteiger partial charge is 0.173 e. The maximum atomic E-state index is 8.81. The number of amidine groups is 1. The van der Waals surface area contributed by atoms with Crippen LogP contribution in [-0.4, -0.2) is 11.0 Å². The second-order valence-corrected chi connectivity index (χ2v) is 4.35. The van der Waals surface area contributed by atoms with E-state index in [2.05, 4.69) is 5.16 Å². The zero-order chi connectivity index (χ0) is 13.8. The molecule has 0 radical (unpaired) electrons. The maximum Gasteiger partial charge on any atom is 0.173 e. The van der Waals surface area contributed by atoms with Crippen molar-refractivity contribution < 1.29 is 9.94 Å². The van der Waals surface area contributed by atoms with E-state index in [1.54, 1.807) is 6.07 Å². The number of ether oxygens (including phenoxy) is 1. The van der Waals surface area contributed by atoms with Crippen molar-refractivity contribution in [3.8, 4) is 11.5 Å². The molecule has 0 spiro atoms. The monoisotopic (exact) mass is 256 g/mol. The van der Waals surface area contributed by atoms with Crippen molar-refractivity contribution in [2.75, 3.05) is 0 Å². The van der Waals surface area contributed by atoms with Crippen LogP contribution >= 0.6 is 0 Å². The van der Waals surface area contributed by atoms with Gasteiger partial charge in [0.05, 0.1) is 5.56 Å². The van der Waals surface area contributed by atoms with Crippen LogP contribution < -0.4 is 10.5 Å². The highest BCUT2D eigenvalue weighted by atomic mass is 16.5. The zero-order valence-electron chi connectivity index (χ0n) is 10.9. The molecule has 2 aromatic carbocycles. The third-order valence-electron chi connectivity index (χ3n) is 2.83. The molecule has 0 saturated heterocycles. The summed E-state index contributed by atoms with van der Waals surface area (Å²) < 4.78 is 5.87. The summed E-state index contributed by atoms with van der Waals surface area (Å²) in [5.41, 5.74) is 8.29. The van der Waals surface area contributed by atoms with Gasteiger partial charge in [0, 0.05) is 0 Å². The molecule has 98 valence electrons. The van der Waals surface area contributed by atoms with Gasteiger partial charge in [-0.3, -0.25) is 0 Å². The molecule has 2 aromatic rings. The van der Waals surface area contributed by atoms with Crippen molar-refractivity contribution in [2.24, 2.45) is 10.9 Å². The Morgan fingerprint density at radius 3 is 2.53 bits per heavy atom. The van der Waals surface area contributed by atoms with Gasteiger partial charge >= 0.3 is 0 Å². The Balaban J connectivity index is 2.44. The summed E-state index contributed by atoms with van der Waals surface area (Å²) in [5.74, 6) is 1.35. The number of nitrogens with zero attached hydrogens (tertiary/aromatic N) is 1. The lowest BCUT2D eigenvalue weighted by Gasteiger charge is -2.12. The van der Waals surface area contributed by atoms with Crippen LogP contribution in [0.2, 0.25) is 0 Å². The number of hydrogen-bond acceptors (Lipinski definition) is 3.